The van der Waals surface area contributed by atoms with Gasteiger partial charge in [-0.15, -0.1) is 0 Å². The van der Waals surface area contributed by atoms with Gasteiger partial charge in [0.15, 0.2) is 0 Å². The van der Waals surface area contributed by atoms with E-state index in [1.807, 2.05) is 18.2 Å². The minimum atomic E-state index is 0. The Hall–Kier alpha value is 0.501. The molecule has 0 aliphatic heterocycles. The summed E-state index contributed by atoms with van der Waals surface area (Å²) in [6.45, 7) is 0. The summed E-state index contributed by atoms with van der Waals surface area (Å²) in [7, 11) is 0. The van der Waals surface area contributed by atoms with Crippen LogP contribution in [0.25, 0.3) is 0 Å². The Morgan fingerprint density at radius 2 is 1.43 bits per heavy atom. The van der Waals surface area contributed by atoms with E-state index in [0.29, 0.717) is 0 Å². The third-order valence-corrected chi connectivity index (χ3v) is 0.566. The molecule has 7 heavy (non-hydrogen) atoms. The summed E-state index contributed by atoms with van der Waals surface area (Å²) in [6.07, 6.45) is 3.50. The van der Waals surface area contributed by atoms with E-state index in [1.165, 1.54) is 0 Å². The van der Waals surface area contributed by atoms with Crippen LogP contribution in [0.1, 0.15) is 0 Å². The van der Waals surface area contributed by atoms with Gasteiger partial charge in [0.1, 0.15) is 0 Å². The molecular weight excluding hydrogens is 218 g/mol. The van der Waals surface area contributed by atoms with Gasteiger partial charge in [0, 0.05) is 53.2 Å². The Morgan fingerprint density at radius 3 is 1.57 bits per heavy atom. The van der Waals surface area contributed by atoms with Crippen LogP contribution >= 0.6 is 0 Å². The first-order chi connectivity index (χ1) is 3.00. The van der Waals surface area contributed by atoms with Crippen LogP contribution in [0.3, 0.4) is 0 Å². The molecular formula is C5H5NNd. The van der Waals surface area contributed by atoms with Crippen molar-refractivity contribution >= 4 is 0 Å². The maximum atomic E-state index is 3.78. The first-order valence-electron chi connectivity index (χ1n) is 1.85. The second kappa shape index (κ2) is 4.65. The van der Waals surface area contributed by atoms with E-state index >= 15 is 0 Å². The average molecular weight is 223 g/mol. The van der Waals surface area contributed by atoms with E-state index in [2.05, 4.69) is 4.98 Å². The van der Waals surface area contributed by atoms with Gasteiger partial charge in [-0.1, -0.05) is 6.07 Å². The third-order valence-electron chi connectivity index (χ3n) is 0.566. The van der Waals surface area contributed by atoms with Crippen LogP contribution in [0.5, 0.6) is 0 Å². The van der Waals surface area contributed by atoms with E-state index < -0.39 is 0 Å². The molecule has 0 amide bonds. The summed E-state index contributed by atoms with van der Waals surface area (Å²) in [4.78, 5) is 3.78. The fourth-order valence-corrected chi connectivity index (χ4v) is 0.313. The summed E-state index contributed by atoms with van der Waals surface area (Å²) in [5, 5.41) is 0. The standard InChI is InChI=1S/C5H5N.Nd/c1-2-4-6-5-3-1;/h1-5H;. The Morgan fingerprint density at radius 1 is 0.857 bits per heavy atom. The van der Waals surface area contributed by atoms with Crippen molar-refractivity contribution < 1.29 is 40.8 Å². The number of hydrogen-bond donors (Lipinski definition) is 0. The average Bonchev–Trinajstić information content (AvgIpc) is 1.72. The van der Waals surface area contributed by atoms with Gasteiger partial charge in [0.25, 0.3) is 0 Å². The molecule has 1 nitrogen and oxygen atoms in total. The molecule has 1 heterocycles. The quantitative estimate of drug-likeness (QED) is 0.641. The van der Waals surface area contributed by atoms with E-state index in [9.17, 15) is 0 Å². The molecule has 0 fully saturated rings. The Labute approximate surface area is 75.7 Å². The molecule has 0 N–H and O–H groups in total. The monoisotopic (exact) mass is 221 g/mol. The van der Waals surface area contributed by atoms with Crippen LogP contribution in [-0.2, 0) is 0 Å². The summed E-state index contributed by atoms with van der Waals surface area (Å²) >= 11 is 0. The van der Waals surface area contributed by atoms with Gasteiger partial charge < -0.3 is 0 Å². The van der Waals surface area contributed by atoms with Crippen molar-refractivity contribution in [3.8, 4) is 0 Å². The van der Waals surface area contributed by atoms with Gasteiger partial charge in [-0.05, 0) is 12.1 Å². The third kappa shape index (κ3) is 3.12. The van der Waals surface area contributed by atoms with E-state index in [4.69, 9.17) is 0 Å². The smallest absolute Gasteiger partial charge is 0.0267 e. The number of aromatic nitrogens is 1. The number of pyridine rings is 1. The molecule has 0 saturated carbocycles. The molecule has 1 aromatic heterocycles. The second-order valence-electron chi connectivity index (χ2n) is 1.02. The van der Waals surface area contributed by atoms with Crippen molar-refractivity contribution in [1.82, 2.24) is 4.98 Å². The first kappa shape index (κ1) is 7.50. The molecule has 0 atom stereocenters. The van der Waals surface area contributed by atoms with Gasteiger partial charge in [-0.2, -0.15) is 0 Å². The Bertz CT molecular complexity index is 80.0. The van der Waals surface area contributed by atoms with Crippen molar-refractivity contribution in [1.29, 1.82) is 0 Å². The Balaban J connectivity index is 0.000000360. The van der Waals surface area contributed by atoms with Gasteiger partial charge in [-0.25, -0.2) is 0 Å². The van der Waals surface area contributed by atoms with Crippen LogP contribution in [-0.4, -0.2) is 4.98 Å². The maximum Gasteiger partial charge on any atom is 0.0267 e. The van der Waals surface area contributed by atoms with Gasteiger partial charge in [-0.3, -0.25) is 4.98 Å². The molecule has 1 aromatic rings. The zero-order valence-electron chi connectivity index (χ0n) is 3.83. The number of rotatable bonds is 0. The molecule has 0 radical (unpaired) electrons. The fourth-order valence-electron chi connectivity index (χ4n) is 0.313. The van der Waals surface area contributed by atoms with Gasteiger partial charge in [0.05, 0.1) is 0 Å². The van der Waals surface area contributed by atoms with Crippen molar-refractivity contribution in [3.05, 3.63) is 30.6 Å². The van der Waals surface area contributed by atoms with Crippen molar-refractivity contribution in [2.75, 3.05) is 0 Å². The molecule has 0 unspecified atom stereocenters. The summed E-state index contributed by atoms with van der Waals surface area (Å²) in [5.41, 5.74) is 0. The summed E-state index contributed by atoms with van der Waals surface area (Å²) < 4.78 is 0. The zero-order valence-corrected chi connectivity index (χ0v) is 7.04. The normalized spacial score (nSPS) is 6.86. The van der Waals surface area contributed by atoms with E-state index in [0.717, 1.165) is 0 Å². The second-order valence-corrected chi connectivity index (χ2v) is 1.02. The zero-order chi connectivity index (χ0) is 4.24. The molecule has 0 aliphatic rings. The molecule has 0 bridgehead atoms. The molecule has 2 heteroatoms. The van der Waals surface area contributed by atoms with Gasteiger partial charge >= 0.3 is 0 Å². The van der Waals surface area contributed by atoms with Crippen LogP contribution in [0.2, 0.25) is 0 Å². The number of hydrogen-bond acceptors (Lipinski definition) is 1. The van der Waals surface area contributed by atoms with Crippen LogP contribution < -0.4 is 0 Å². The molecule has 1 rings (SSSR count). The predicted molar refractivity (Wildman–Crippen MR) is 24.2 cm³/mol. The maximum absolute atomic E-state index is 3.78. The van der Waals surface area contributed by atoms with Crippen LogP contribution in [0, 0.1) is 40.8 Å². The van der Waals surface area contributed by atoms with Gasteiger partial charge in [0.2, 0.25) is 0 Å². The Kier molecular flexibility index (Phi) is 4.99. The van der Waals surface area contributed by atoms with E-state index in [-0.39, 0.29) is 40.8 Å². The van der Waals surface area contributed by atoms with Crippen molar-refractivity contribution in [3.63, 3.8) is 0 Å². The summed E-state index contributed by atoms with van der Waals surface area (Å²) in [5.74, 6) is 0. The molecule has 0 spiro atoms. The molecule has 0 aliphatic carbocycles. The topological polar surface area (TPSA) is 12.9 Å². The fraction of sp³-hybridized carbons (Fsp3) is 0. The first-order valence-corrected chi connectivity index (χ1v) is 1.85. The molecule has 34 valence electrons. The molecule has 0 saturated heterocycles. The summed E-state index contributed by atoms with van der Waals surface area (Å²) in [6, 6.07) is 5.72. The minimum Gasteiger partial charge on any atom is -0.265 e. The predicted octanol–water partition coefficient (Wildman–Crippen LogP) is 1.08. The van der Waals surface area contributed by atoms with Crippen LogP contribution in [0.4, 0.5) is 0 Å². The van der Waals surface area contributed by atoms with Crippen molar-refractivity contribution in [2.45, 2.75) is 0 Å². The molecule has 0 aromatic carbocycles. The minimum absolute atomic E-state index is 0. The largest absolute Gasteiger partial charge is 0.265 e. The van der Waals surface area contributed by atoms with Crippen molar-refractivity contribution in [2.24, 2.45) is 0 Å². The van der Waals surface area contributed by atoms with E-state index in [1.54, 1.807) is 12.4 Å². The SMILES string of the molecule is [Nd].c1ccncc1. The number of nitrogens with zero attached hydrogens (tertiary/aromatic N) is 1. The van der Waals surface area contributed by atoms with Crippen LogP contribution in [0.15, 0.2) is 30.6 Å².